The van der Waals surface area contributed by atoms with Gasteiger partial charge in [0.15, 0.2) is 16.8 Å². The van der Waals surface area contributed by atoms with Crippen LogP contribution in [0.3, 0.4) is 0 Å². The van der Waals surface area contributed by atoms with Crippen molar-refractivity contribution in [3.8, 4) is 21.8 Å². The van der Waals surface area contributed by atoms with Gasteiger partial charge < -0.3 is 0 Å². The lowest BCUT2D eigenvalue weighted by molar-refractivity contribution is 0.102. The maximum Gasteiger partial charge on any atom is 0.276 e. The fraction of sp³-hybridized carbons (Fsp3) is 0. The summed E-state index contributed by atoms with van der Waals surface area (Å²) in [6.07, 6.45) is 0. The van der Waals surface area contributed by atoms with E-state index in [0.717, 1.165) is 22.7 Å². The third-order valence-corrected chi connectivity index (χ3v) is 5.78. The number of halogens is 2. The van der Waals surface area contributed by atoms with E-state index in [1.807, 2.05) is 16.8 Å². The molecule has 3 heterocycles. The molecule has 0 fully saturated rings. The number of thiazole rings is 2. The number of rotatable bonds is 4. The van der Waals surface area contributed by atoms with Crippen LogP contribution in [-0.2, 0) is 0 Å². The Morgan fingerprint density at radius 3 is 2.62 bits per heavy atom. The molecule has 0 bridgehead atoms. The molecule has 1 amide bonds. The molecule has 4 nitrogen and oxygen atoms in total. The molecule has 0 aliphatic rings. The Hall–Kier alpha value is -2.49. The largest absolute Gasteiger partial charge is 0.296 e. The van der Waals surface area contributed by atoms with Crippen LogP contribution in [0.1, 0.15) is 10.5 Å². The van der Waals surface area contributed by atoms with Crippen molar-refractivity contribution in [3.05, 3.63) is 63.1 Å². The fourth-order valence-corrected chi connectivity index (χ4v) is 4.40. The summed E-state index contributed by atoms with van der Waals surface area (Å²) in [5, 5.41) is 11.1. The van der Waals surface area contributed by atoms with Gasteiger partial charge in [-0.05, 0) is 29.6 Å². The van der Waals surface area contributed by atoms with Crippen LogP contribution in [0, 0.1) is 11.6 Å². The first kappa shape index (κ1) is 17.0. The molecule has 0 aliphatic carbocycles. The molecular formula is C17H9F2N3OS3. The van der Waals surface area contributed by atoms with Crippen molar-refractivity contribution in [3.63, 3.8) is 0 Å². The summed E-state index contributed by atoms with van der Waals surface area (Å²) in [7, 11) is 0. The zero-order valence-corrected chi connectivity index (χ0v) is 15.4. The number of thiophene rings is 1. The third-order valence-electron chi connectivity index (χ3n) is 3.44. The molecular weight excluding hydrogens is 396 g/mol. The van der Waals surface area contributed by atoms with Gasteiger partial charge in [0.1, 0.15) is 10.7 Å². The highest BCUT2D eigenvalue weighted by Gasteiger charge is 2.15. The lowest BCUT2D eigenvalue weighted by Gasteiger charge is -1.99. The molecule has 3 aromatic heterocycles. The SMILES string of the molecule is O=C(Nc1nc(-c2ccc(F)c(F)c2)cs1)c1csc(-c2ccsc2)n1. The normalized spacial score (nSPS) is 10.8. The van der Waals surface area contributed by atoms with Crippen molar-refractivity contribution in [2.24, 2.45) is 0 Å². The predicted molar refractivity (Wildman–Crippen MR) is 101 cm³/mol. The topological polar surface area (TPSA) is 54.9 Å². The smallest absolute Gasteiger partial charge is 0.276 e. The van der Waals surface area contributed by atoms with Crippen LogP contribution >= 0.6 is 34.0 Å². The third kappa shape index (κ3) is 3.41. The minimum Gasteiger partial charge on any atom is -0.296 e. The quantitative estimate of drug-likeness (QED) is 0.486. The summed E-state index contributed by atoms with van der Waals surface area (Å²) < 4.78 is 26.4. The maximum atomic E-state index is 13.3. The second-order valence-electron chi connectivity index (χ2n) is 5.17. The average molecular weight is 405 g/mol. The van der Waals surface area contributed by atoms with Crippen LogP contribution in [-0.4, -0.2) is 15.9 Å². The Morgan fingerprint density at radius 1 is 0.962 bits per heavy atom. The first-order valence-corrected chi connectivity index (χ1v) is 10.0. The van der Waals surface area contributed by atoms with Gasteiger partial charge in [-0.25, -0.2) is 18.7 Å². The van der Waals surface area contributed by atoms with Crippen LogP contribution in [0.4, 0.5) is 13.9 Å². The van der Waals surface area contributed by atoms with E-state index in [9.17, 15) is 13.6 Å². The lowest BCUT2D eigenvalue weighted by Crippen LogP contribution is -2.12. The van der Waals surface area contributed by atoms with Gasteiger partial charge in [-0.1, -0.05) is 0 Å². The second-order valence-corrected chi connectivity index (χ2v) is 7.67. The van der Waals surface area contributed by atoms with E-state index in [-0.39, 0.29) is 5.91 Å². The predicted octanol–water partition coefficient (Wildman–Crippen LogP) is 5.53. The number of anilines is 1. The highest BCUT2D eigenvalue weighted by atomic mass is 32.1. The molecule has 130 valence electrons. The summed E-state index contributed by atoms with van der Waals surface area (Å²) in [6.45, 7) is 0. The van der Waals surface area contributed by atoms with Gasteiger partial charge >= 0.3 is 0 Å². The van der Waals surface area contributed by atoms with Gasteiger partial charge in [-0.2, -0.15) is 11.3 Å². The monoisotopic (exact) mass is 405 g/mol. The number of carbonyl (C=O) groups excluding carboxylic acids is 1. The summed E-state index contributed by atoms with van der Waals surface area (Å²) in [5.41, 5.74) is 2.19. The minimum absolute atomic E-state index is 0.306. The highest BCUT2D eigenvalue weighted by molar-refractivity contribution is 7.14. The number of hydrogen-bond acceptors (Lipinski definition) is 6. The molecule has 0 saturated carbocycles. The Bertz CT molecular complexity index is 1070. The summed E-state index contributed by atoms with van der Waals surface area (Å²) in [6, 6.07) is 5.50. The molecule has 0 atom stereocenters. The number of aromatic nitrogens is 2. The Kier molecular flexibility index (Phi) is 4.58. The fourth-order valence-electron chi connectivity index (χ4n) is 2.18. The number of nitrogens with zero attached hydrogens (tertiary/aromatic N) is 2. The lowest BCUT2D eigenvalue weighted by atomic mass is 10.2. The molecule has 9 heteroatoms. The van der Waals surface area contributed by atoms with Gasteiger partial charge in [-0.3, -0.25) is 10.1 Å². The highest BCUT2D eigenvalue weighted by Crippen LogP contribution is 2.28. The van der Waals surface area contributed by atoms with Gasteiger partial charge in [0.25, 0.3) is 5.91 Å². The second kappa shape index (κ2) is 7.02. The Labute approximate surface area is 158 Å². The molecule has 4 aromatic rings. The average Bonchev–Trinajstić information content (AvgIpc) is 3.38. The van der Waals surface area contributed by atoms with E-state index in [2.05, 4.69) is 15.3 Å². The molecule has 26 heavy (non-hydrogen) atoms. The van der Waals surface area contributed by atoms with Gasteiger partial charge in [0.05, 0.1) is 5.69 Å². The minimum atomic E-state index is -0.940. The van der Waals surface area contributed by atoms with E-state index in [0.29, 0.717) is 22.1 Å². The molecule has 0 unspecified atom stereocenters. The number of carbonyl (C=O) groups is 1. The zero-order chi connectivity index (χ0) is 18.1. The van der Waals surface area contributed by atoms with E-state index >= 15 is 0 Å². The Balaban J connectivity index is 1.50. The first-order chi connectivity index (χ1) is 12.6. The molecule has 0 radical (unpaired) electrons. The van der Waals surface area contributed by atoms with Gasteiger partial charge in [-0.15, -0.1) is 22.7 Å². The van der Waals surface area contributed by atoms with Crippen molar-refractivity contribution in [2.75, 3.05) is 5.32 Å². The van der Waals surface area contributed by atoms with Crippen molar-refractivity contribution in [1.82, 2.24) is 9.97 Å². The number of benzene rings is 1. The number of hydrogen-bond donors (Lipinski definition) is 1. The van der Waals surface area contributed by atoms with E-state index in [1.54, 1.807) is 22.1 Å². The molecule has 0 aliphatic heterocycles. The van der Waals surface area contributed by atoms with Crippen LogP contribution in [0.25, 0.3) is 21.8 Å². The summed E-state index contributed by atoms with van der Waals surface area (Å²) in [5.74, 6) is -2.22. The van der Waals surface area contributed by atoms with Crippen molar-refractivity contribution in [2.45, 2.75) is 0 Å². The maximum absolute atomic E-state index is 13.3. The van der Waals surface area contributed by atoms with Crippen molar-refractivity contribution >= 4 is 45.0 Å². The van der Waals surface area contributed by atoms with Gasteiger partial charge in [0.2, 0.25) is 0 Å². The zero-order valence-electron chi connectivity index (χ0n) is 12.9. The van der Waals surface area contributed by atoms with Crippen LogP contribution in [0.15, 0.2) is 45.8 Å². The molecule has 4 rings (SSSR count). The van der Waals surface area contributed by atoms with E-state index in [1.165, 1.54) is 28.7 Å². The van der Waals surface area contributed by atoms with Crippen LogP contribution in [0.2, 0.25) is 0 Å². The number of nitrogens with one attached hydrogen (secondary N) is 1. The molecule has 1 N–H and O–H groups in total. The van der Waals surface area contributed by atoms with Crippen LogP contribution in [0.5, 0.6) is 0 Å². The summed E-state index contributed by atoms with van der Waals surface area (Å²) >= 11 is 4.16. The van der Waals surface area contributed by atoms with E-state index < -0.39 is 11.6 Å². The van der Waals surface area contributed by atoms with Crippen molar-refractivity contribution < 1.29 is 13.6 Å². The molecule has 1 aromatic carbocycles. The summed E-state index contributed by atoms with van der Waals surface area (Å²) in [4.78, 5) is 20.9. The standard InChI is InChI=1S/C17H9F2N3OS3/c18-11-2-1-9(5-12(11)19)13-7-26-17(21-13)22-15(23)14-8-25-16(20-14)10-3-4-24-6-10/h1-8H,(H,21,22,23). The first-order valence-electron chi connectivity index (χ1n) is 7.30. The van der Waals surface area contributed by atoms with Crippen LogP contribution < -0.4 is 5.32 Å². The Morgan fingerprint density at radius 2 is 1.85 bits per heavy atom. The number of amides is 1. The van der Waals surface area contributed by atoms with Gasteiger partial charge in [0, 0.05) is 27.3 Å². The molecule has 0 spiro atoms. The molecule has 0 saturated heterocycles. The van der Waals surface area contributed by atoms with Crippen molar-refractivity contribution in [1.29, 1.82) is 0 Å². The van der Waals surface area contributed by atoms with E-state index in [4.69, 9.17) is 0 Å².